The minimum atomic E-state index is -0.552. The summed E-state index contributed by atoms with van der Waals surface area (Å²) in [4.78, 5) is 16.2. The van der Waals surface area contributed by atoms with Crippen molar-refractivity contribution in [3.8, 4) is 0 Å². The summed E-state index contributed by atoms with van der Waals surface area (Å²) in [5.41, 5.74) is 7.39. The SMILES string of the molecule is COC(=O)CC(c1ccc2ccccc2n1)C(C)(C)N. The highest BCUT2D eigenvalue weighted by Gasteiger charge is 2.30. The Morgan fingerprint density at radius 3 is 2.65 bits per heavy atom. The number of fused-ring (bicyclic) bond motifs is 1. The molecule has 2 rings (SSSR count). The van der Waals surface area contributed by atoms with Crippen LogP contribution in [0.25, 0.3) is 10.9 Å². The Balaban J connectivity index is 2.42. The molecule has 0 aliphatic carbocycles. The number of hydrogen-bond acceptors (Lipinski definition) is 4. The molecule has 4 nitrogen and oxygen atoms in total. The molecule has 0 saturated heterocycles. The predicted octanol–water partition coefficient (Wildman–Crippen LogP) is 2.62. The van der Waals surface area contributed by atoms with Gasteiger partial charge in [-0.3, -0.25) is 9.78 Å². The van der Waals surface area contributed by atoms with Crippen molar-refractivity contribution in [2.45, 2.75) is 31.7 Å². The van der Waals surface area contributed by atoms with Crippen LogP contribution in [0.15, 0.2) is 36.4 Å². The van der Waals surface area contributed by atoms with Gasteiger partial charge in [0, 0.05) is 22.5 Å². The lowest BCUT2D eigenvalue weighted by Gasteiger charge is -2.29. The Kier molecular flexibility index (Phi) is 4.04. The second-order valence-electron chi connectivity index (χ2n) is 5.58. The molecule has 1 unspecified atom stereocenters. The molecule has 0 radical (unpaired) electrons. The highest BCUT2D eigenvalue weighted by atomic mass is 16.5. The van der Waals surface area contributed by atoms with Gasteiger partial charge < -0.3 is 10.5 Å². The summed E-state index contributed by atoms with van der Waals surface area (Å²) in [5.74, 6) is -0.456. The van der Waals surface area contributed by atoms with Gasteiger partial charge in [-0.15, -0.1) is 0 Å². The third-order valence-electron chi connectivity index (χ3n) is 3.47. The fourth-order valence-electron chi connectivity index (χ4n) is 2.27. The number of aromatic nitrogens is 1. The average Bonchev–Trinajstić information content (AvgIpc) is 2.42. The van der Waals surface area contributed by atoms with E-state index in [1.54, 1.807) is 0 Å². The summed E-state index contributed by atoms with van der Waals surface area (Å²) in [7, 11) is 1.39. The maximum absolute atomic E-state index is 11.6. The first-order valence-electron chi connectivity index (χ1n) is 6.63. The van der Waals surface area contributed by atoms with Crippen LogP contribution in [-0.4, -0.2) is 23.6 Å². The summed E-state index contributed by atoms with van der Waals surface area (Å²) in [6, 6.07) is 11.8. The van der Waals surface area contributed by atoms with E-state index in [0.29, 0.717) is 0 Å². The minimum absolute atomic E-state index is 0.181. The van der Waals surface area contributed by atoms with Crippen LogP contribution in [0, 0.1) is 0 Å². The van der Waals surface area contributed by atoms with Crippen molar-refractivity contribution >= 4 is 16.9 Å². The number of benzene rings is 1. The van der Waals surface area contributed by atoms with E-state index in [1.165, 1.54) is 7.11 Å². The zero-order valence-electron chi connectivity index (χ0n) is 12.1. The highest BCUT2D eigenvalue weighted by molar-refractivity contribution is 5.78. The number of carbonyl (C=O) groups is 1. The molecule has 0 fully saturated rings. The molecule has 1 heterocycles. The quantitative estimate of drug-likeness (QED) is 0.869. The van der Waals surface area contributed by atoms with E-state index >= 15 is 0 Å². The molecule has 0 spiro atoms. The van der Waals surface area contributed by atoms with E-state index in [1.807, 2.05) is 50.2 Å². The Labute approximate surface area is 119 Å². The van der Waals surface area contributed by atoms with Crippen molar-refractivity contribution in [2.24, 2.45) is 5.73 Å². The number of esters is 1. The summed E-state index contributed by atoms with van der Waals surface area (Å²) in [6.45, 7) is 3.80. The van der Waals surface area contributed by atoms with E-state index in [-0.39, 0.29) is 18.3 Å². The van der Waals surface area contributed by atoms with Crippen LogP contribution in [0.5, 0.6) is 0 Å². The first kappa shape index (κ1) is 14.5. The number of carbonyl (C=O) groups excluding carboxylic acids is 1. The topological polar surface area (TPSA) is 65.2 Å². The number of methoxy groups -OCH3 is 1. The van der Waals surface area contributed by atoms with E-state index < -0.39 is 5.54 Å². The van der Waals surface area contributed by atoms with Gasteiger partial charge in [0.05, 0.1) is 19.0 Å². The Bertz CT molecular complexity index is 617. The van der Waals surface area contributed by atoms with Gasteiger partial charge in [-0.25, -0.2) is 0 Å². The van der Waals surface area contributed by atoms with Gasteiger partial charge in [0.2, 0.25) is 0 Å². The minimum Gasteiger partial charge on any atom is -0.469 e. The Hall–Kier alpha value is -1.94. The lowest BCUT2D eigenvalue weighted by Crippen LogP contribution is -2.40. The monoisotopic (exact) mass is 272 g/mol. The summed E-state index contributed by atoms with van der Waals surface area (Å²) < 4.78 is 4.76. The van der Waals surface area contributed by atoms with Gasteiger partial charge in [-0.1, -0.05) is 24.3 Å². The third kappa shape index (κ3) is 3.14. The van der Waals surface area contributed by atoms with E-state index in [4.69, 9.17) is 10.5 Å². The molecular weight excluding hydrogens is 252 g/mol. The van der Waals surface area contributed by atoms with Crippen molar-refractivity contribution in [2.75, 3.05) is 7.11 Å². The van der Waals surface area contributed by atoms with Crippen LogP contribution in [0.1, 0.15) is 31.9 Å². The number of nitrogens with two attached hydrogens (primary N) is 1. The smallest absolute Gasteiger partial charge is 0.306 e. The summed E-state index contributed by atoms with van der Waals surface area (Å²) >= 11 is 0. The van der Waals surface area contributed by atoms with Gasteiger partial charge in [-0.2, -0.15) is 0 Å². The number of hydrogen-bond donors (Lipinski definition) is 1. The van der Waals surface area contributed by atoms with Crippen LogP contribution < -0.4 is 5.73 Å². The van der Waals surface area contributed by atoms with E-state index in [9.17, 15) is 4.79 Å². The van der Waals surface area contributed by atoms with Crippen LogP contribution in [-0.2, 0) is 9.53 Å². The number of pyridine rings is 1. The van der Waals surface area contributed by atoms with Gasteiger partial charge in [-0.05, 0) is 26.0 Å². The normalized spacial score (nSPS) is 13.2. The van der Waals surface area contributed by atoms with Gasteiger partial charge in [0.1, 0.15) is 0 Å². The molecule has 1 aromatic heterocycles. The second kappa shape index (κ2) is 5.59. The number of nitrogens with zero attached hydrogens (tertiary/aromatic N) is 1. The van der Waals surface area contributed by atoms with Crippen LogP contribution in [0.2, 0.25) is 0 Å². The average molecular weight is 272 g/mol. The molecule has 2 aromatic rings. The molecule has 0 bridgehead atoms. The largest absolute Gasteiger partial charge is 0.469 e. The summed E-state index contributed by atoms with van der Waals surface area (Å²) in [5, 5.41) is 1.07. The van der Waals surface area contributed by atoms with Crippen LogP contribution in [0.3, 0.4) is 0 Å². The molecule has 2 N–H and O–H groups in total. The lowest BCUT2D eigenvalue weighted by molar-refractivity contribution is -0.141. The molecule has 1 atom stereocenters. The fraction of sp³-hybridized carbons (Fsp3) is 0.375. The number of rotatable bonds is 4. The molecule has 106 valence electrons. The first-order chi connectivity index (χ1) is 9.41. The highest BCUT2D eigenvalue weighted by Crippen LogP contribution is 2.29. The molecule has 0 aliphatic heterocycles. The predicted molar refractivity (Wildman–Crippen MR) is 79.4 cm³/mol. The molecule has 4 heteroatoms. The van der Waals surface area contributed by atoms with Gasteiger partial charge in [0.25, 0.3) is 0 Å². The molecule has 0 amide bonds. The maximum Gasteiger partial charge on any atom is 0.306 e. The van der Waals surface area contributed by atoms with Crippen molar-refractivity contribution < 1.29 is 9.53 Å². The van der Waals surface area contributed by atoms with Gasteiger partial charge in [0.15, 0.2) is 0 Å². The number of para-hydroxylation sites is 1. The molecule has 0 saturated carbocycles. The molecule has 1 aromatic carbocycles. The zero-order valence-corrected chi connectivity index (χ0v) is 12.1. The standard InChI is InChI=1S/C16H20N2O2/c1-16(2,17)12(10-15(19)20-3)14-9-8-11-6-4-5-7-13(11)18-14/h4-9,12H,10,17H2,1-3H3. The lowest BCUT2D eigenvalue weighted by atomic mass is 9.83. The van der Waals surface area contributed by atoms with Crippen LogP contribution in [0.4, 0.5) is 0 Å². The first-order valence-corrected chi connectivity index (χ1v) is 6.63. The Morgan fingerprint density at radius 2 is 2.00 bits per heavy atom. The van der Waals surface area contributed by atoms with Crippen LogP contribution >= 0.6 is 0 Å². The maximum atomic E-state index is 11.6. The fourth-order valence-corrected chi connectivity index (χ4v) is 2.27. The van der Waals surface area contributed by atoms with Crippen molar-refractivity contribution in [1.82, 2.24) is 4.98 Å². The second-order valence-corrected chi connectivity index (χ2v) is 5.58. The van der Waals surface area contributed by atoms with Gasteiger partial charge >= 0.3 is 5.97 Å². The van der Waals surface area contributed by atoms with Crippen molar-refractivity contribution in [3.05, 3.63) is 42.1 Å². The third-order valence-corrected chi connectivity index (χ3v) is 3.47. The molecular formula is C16H20N2O2. The Morgan fingerprint density at radius 1 is 1.30 bits per heavy atom. The van der Waals surface area contributed by atoms with Crippen molar-refractivity contribution in [3.63, 3.8) is 0 Å². The van der Waals surface area contributed by atoms with Crippen molar-refractivity contribution in [1.29, 1.82) is 0 Å². The zero-order chi connectivity index (χ0) is 14.8. The molecule has 0 aliphatic rings. The van der Waals surface area contributed by atoms with E-state index in [2.05, 4.69) is 4.98 Å². The molecule has 20 heavy (non-hydrogen) atoms. The van der Waals surface area contributed by atoms with E-state index in [0.717, 1.165) is 16.6 Å². The summed E-state index contributed by atoms with van der Waals surface area (Å²) in [6.07, 6.45) is 0.228. The number of ether oxygens (including phenoxy) is 1.